The van der Waals surface area contributed by atoms with E-state index in [9.17, 15) is 0 Å². The zero-order chi connectivity index (χ0) is 19.8. The van der Waals surface area contributed by atoms with E-state index in [-0.39, 0.29) is 0 Å². The lowest BCUT2D eigenvalue weighted by Gasteiger charge is -2.37. The van der Waals surface area contributed by atoms with Crippen molar-refractivity contribution in [2.75, 3.05) is 42.6 Å². The van der Waals surface area contributed by atoms with Gasteiger partial charge in [-0.05, 0) is 38.1 Å². The minimum absolute atomic E-state index is 0.678. The first kappa shape index (κ1) is 17.8. The van der Waals surface area contributed by atoms with E-state index in [2.05, 4.69) is 57.4 Å². The van der Waals surface area contributed by atoms with Crippen LogP contribution in [-0.4, -0.2) is 47.4 Å². The smallest absolute Gasteiger partial charge is 0.158 e. The van der Waals surface area contributed by atoms with E-state index in [1.807, 2.05) is 30.5 Å². The molecule has 6 nitrogen and oxygen atoms in total. The first-order valence-corrected chi connectivity index (χ1v) is 10.2. The molecule has 1 fully saturated rings. The number of aromatic nitrogens is 3. The van der Waals surface area contributed by atoms with Crippen LogP contribution in [0.5, 0.6) is 5.75 Å². The van der Waals surface area contributed by atoms with E-state index < -0.39 is 0 Å². The molecule has 0 aliphatic carbocycles. The fourth-order valence-corrected chi connectivity index (χ4v) is 4.16. The maximum absolute atomic E-state index is 5.83. The van der Waals surface area contributed by atoms with Crippen LogP contribution in [0.25, 0.3) is 16.6 Å². The van der Waals surface area contributed by atoms with E-state index in [0.29, 0.717) is 6.61 Å². The van der Waals surface area contributed by atoms with Crippen LogP contribution in [0.1, 0.15) is 12.6 Å². The Morgan fingerprint density at radius 2 is 1.66 bits per heavy atom. The molecule has 148 valence electrons. The topological polar surface area (TPSA) is 45.9 Å². The van der Waals surface area contributed by atoms with Crippen LogP contribution in [0, 0.1) is 6.92 Å². The molecule has 4 aromatic rings. The van der Waals surface area contributed by atoms with Crippen molar-refractivity contribution in [3.63, 3.8) is 0 Å². The number of fused-ring (bicyclic) bond motifs is 3. The number of benzene rings is 2. The summed E-state index contributed by atoms with van der Waals surface area (Å²) in [4.78, 5) is 9.78. The number of hydrogen-bond acceptors (Lipinski definition) is 5. The summed E-state index contributed by atoms with van der Waals surface area (Å²) in [6, 6.07) is 18.8. The maximum atomic E-state index is 5.83. The monoisotopic (exact) mass is 387 g/mol. The van der Waals surface area contributed by atoms with Crippen molar-refractivity contribution in [2.45, 2.75) is 13.8 Å². The van der Waals surface area contributed by atoms with Gasteiger partial charge in [0.1, 0.15) is 11.6 Å². The van der Waals surface area contributed by atoms with Crippen LogP contribution in [0.2, 0.25) is 0 Å². The van der Waals surface area contributed by atoms with Gasteiger partial charge in [0.25, 0.3) is 0 Å². The molecule has 1 saturated heterocycles. The Labute approximate surface area is 170 Å². The number of ether oxygens (including phenoxy) is 1. The number of anilines is 2. The molecule has 5 rings (SSSR count). The molecule has 1 aliphatic heterocycles. The second-order valence-corrected chi connectivity index (χ2v) is 7.38. The van der Waals surface area contributed by atoms with Gasteiger partial charge in [-0.3, -0.25) is 0 Å². The Balaban J connectivity index is 1.46. The lowest BCUT2D eigenvalue weighted by Crippen LogP contribution is -2.47. The normalized spacial score (nSPS) is 14.7. The average molecular weight is 387 g/mol. The molecule has 2 aromatic heterocycles. The Kier molecular flexibility index (Phi) is 4.46. The van der Waals surface area contributed by atoms with Crippen LogP contribution in [0.3, 0.4) is 0 Å². The Bertz CT molecular complexity index is 1160. The summed E-state index contributed by atoms with van der Waals surface area (Å²) in [7, 11) is 0. The second kappa shape index (κ2) is 7.28. The molecule has 6 heteroatoms. The van der Waals surface area contributed by atoms with Gasteiger partial charge in [-0.1, -0.05) is 24.3 Å². The van der Waals surface area contributed by atoms with Crippen molar-refractivity contribution in [3.8, 4) is 5.75 Å². The Morgan fingerprint density at radius 3 is 2.48 bits per heavy atom. The number of para-hydroxylation sites is 3. The summed E-state index contributed by atoms with van der Waals surface area (Å²) in [5, 5.41) is 5.76. The highest BCUT2D eigenvalue weighted by Crippen LogP contribution is 2.31. The third-order valence-corrected chi connectivity index (χ3v) is 5.49. The molecule has 0 bridgehead atoms. The van der Waals surface area contributed by atoms with E-state index in [1.165, 1.54) is 5.69 Å². The van der Waals surface area contributed by atoms with Crippen molar-refractivity contribution < 1.29 is 4.74 Å². The van der Waals surface area contributed by atoms with Gasteiger partial charge < -0.3 is 14.5 Å². The standard InChI is InChI=1S/C23H25N5O/c1-3-29-21-11-7-6-10-20(21)26-12-14-27(15-13-26)23-18-8-4-5-9-19(18)28-22(24-23)16-17(2)25-28/h4-11,16H,3,12-15H2,1-2H3. The summed E-state index contributed by atoms with van der Waals surface area (Å²) in [6.45, 7) is 8.42. The fraction of sp³-hybridized carbons (Fsp3) is 0.304. The van der Waals surface area contributed by atoms with Crippen molar-refractivity contribution in [3.05, 3.63) is 60.3 Å². The summed E-state index contributed by atoms with van der Waals surface area (Å²) in [6.07, 6.45) is 0. The minimum atomic E-state index is 0.678. The molecule has 0 atom stereocenters. The van der Waals surface area contributed by atoms with Crippen LogP contribution < -0.4 is 14.5 Å². The molecule has 2 aromatic carbocycles. The first-order chi connectivity index (χ1) is 14.2. The summed E-state index contributed by atoms with van der Waals surface area (Å²) < 4.78 is 7.78. The third-order valence-electron chi connectivity index (χ3n) is 5.49. The highest BCUT2D eigenvalue weighted by atomic mass is 16.5. The molecule has 0 N–H and O–H groups in total. The van der Waals surface area contributed by atoms with Gasteiger partial charge in [0.05, 0.1) is 23.5 Å². The van der Waals surface area contributed by atoms with E-state index in [1.54, 1.807) is 0 Å². The van der Waals surface area contributed by atoms with Crippen molar-refractivity contribution in [1.29, 1.82) is 0 Å². The molecule has 0 amide bonds. The number of rotatable bonds is 4. The highest BCUT2D eigenvalue weighted by Gasteiger charge is 2.23. The summed E-state index contributed by atoms with van der Waals surface area (Å²) >= 11 is 0. The third kappa shape index (κ3) is 3.14. The summed E-state index contributed by atoms with van der Waals surface area (Å²) in [5.74, 6) is 2.01. The number of piperazine rings is 1. The largest absolute Gasteiger partial charge is 0.492 e. The van der Waals surface area contributed by atoms with Gasteiger partial charge in [-0.15, -0.1) is 0 Å². The minimum Gasteiger partial charge on any atom is -0.492 e. The second-order valence-electron chi connectivity index (χ2n) is 7.38. The number of hydrogen-bond donors (Lipinski definition) is 0. The predicted molar refractivity (Wildman–Crippen MR) is 117 cm³/mol. The molecule has 0 saturated carbocycles. The molecular weight excluding hydrogens is 362 g/mol. The van der Waals surface area contributed by atoms with Gasteiger partial charge in [-0.2, -0.15) is 5.10 Å². The Hall–Kier alpha value is -3.28. The van der Waals surface area contributed by atoms with E-state index >= 15 is 0 Å². The van der Waals surface area contributed by atoms with E-state index in [0.717, 1.165) is 60.0 Å². The van der Waals surface area contributed by atoms with E-state index in [4.69, 9.17) is 9.72 Å². The SMILES string of the molecule is CCOc1ccccc1N1CCN(c2nc3cc(C)nn3c3ccccc23)CC1. The van der Waals surface area contributed by atoms with Gasteiger partial charge >= 0.3 is 0 Å². The quantitative estimate of drug-likeness (QED) is 0.531. The van der Waals surface area contributed by atoms with Crippen molar-refractivity contribution in [2.24, 2.45) is 0 Å². The maximum Gasteiger partial charge on any atom is 0.158 e. The van der Waals surface area contributed by atoms with Gasteiger partial charge in [-0.25, -0.2) is 9.50 Å². The van der Waals surface area contributed by atoms with Gasteiger partial charge in [0.2, 0.25) is 0 Å². The van der Waals surface area contributed by atoms with Crippen LogP contribution in [-0.2, 0) is 0 Å². The molecule has 1 aliphatic rings. The zero-order valence-corrected chi connectivity index (χ0v) is 16.9. The van der Waals surface area contributed by atoms with Crippen LogP contribution >= 0.6 is 0 Å². The fourth-order valence-electron chi connectivity index (χ4n) is 4.16. The van der Waals surface area contributed by atoms with Gasteiger partial charge in [0, 0.05) is 37.6 Å². The Morgan fingerprint density at radius 1 is 0.931 bits per heavy atom. The van der Waals surface area contributed by atoms with Crippen LogP contribution in [0.4, 0.5) is 11.5 Å². The first-order valence-electron chi connectivity index (χ1n) is 10.2. The van der Waals surface area contributed by atoms with Crippen molar-refractivity contribution in [1.82, 2.24) is 14.6 Å². The molecular formula is C23H25N5O. The number of nitrogens with zero attached hydrogens (tertiary/aromatic N) is 5. The molecule has 29 heavy (non-hydrogen) atoms. The lowest BCUT2D eigenvalue weighted by molar-refractivity contribution is 0.340. The summed E-state index contributed by atoms with van der Waals surface area (Å²) in [5.41, 5.74) is 4.16. The molecule has 0 radical (unpaired) electrons. The molecule has 3 heterocycles. The number of aryl methyl sites for hydroxylation is 1. The molecule has 0 unspecified atom stereocenters. The zero-order valence-electron chi connectivity index (χ0n) is 16.9. The van der Waals surface area contributed by atoms with Gasteiger partial charge in [0.15, 0.2) is 5.65 Å². The van der Waals surface area contributed by atoms with Crippen molar-refractivity contribution >= 4 is 28.1 Å². The molecule has 0 spiro atoms. The predicted octanol–water partition coefficient (Wildman–Crippen LogP) is 3.92. The van der Waals surface area contributed by atoms with Crippen LogP contribution in [0.15, 0.2) is 54.6 Å². The highest BCUT2D eigenvalue weighted by molar-refractivity contribution is 5.91. The average Bonchev–Trinajstić information content (AvgIpc) is 3.14. The lowest BCUT2D eigenvalue weighted by atomic mass is 10.2.